The molecule has 5 nitrogen and oxygen atoms in total. The molecule has 0 bridgehead atoms. The van der Waals surface area contributed by atoms with Crippen LogP contribution in [0.2, 0.25) is 0 Å². The summed E-state index contributed by atoms with van der Waals surface area (Å²) in [5, 5.41) is 0. The van der Waals surface area contributed by atoms with E-state index >= 15 is 0 Å². The maximum Gasteiger partial charge on any atom is 0.228 e. The lowest BCUT2D eigenvalue weighted by Crippen LogP contribution is -2.50. The average Bonchev–Trinajstić information content (AvgIpc) is 3.11. The molecule has 1 unspecified atom stereocenters. The Morgan fingerprint density at radius 1 is 0.964 bits per heavy atom. The third-order valence-electron chi connectivity index (χ3n) is 5.81. The number of rotatable bonds is 4. The monoisotopic (exact) mass is 377 g/mol. The lowest BCUT2D eigenvalue weighted by Gasteiger charge is -2.36. The fourth-order valence-electron chi connectivity index (χ4n) is 4.20. The number of benzene rings is 2. The number of amides is 2. The fourth-order valence-corrected chi connectivity index (χ4v) is 4.20. The van der Waals surface area contributed by atoms with E-state index in [1.807, 2.05) is 42.2 Å². The van der Waals surface area contributed by atoms with Gasteiger partial charge in [-0.2, -0.15) is 0 Å². The van der Waals surface area contributed by atoms with Gasteiger partial charge >= 0.3 is 0 Å². The number of piperazine rings is 1. The van der Waals surface area contributed by atoms with Gasteiger partial charge in [-0.05, 0) is 24.1 Å². The number of hydrogen-bond acceptors (Lipinski definition) is 3. The summed E-state index contributed by atoms with van der Waals surface area (Å²) >= 11 is 0. The third-order valence-corrected chi connectivity index (χ3v) is 5.81. The van der Waals surface area contributed by atoms with Crippen LogP contribution in [0.1, 0.15) is 17.5 Å². The summed E-state index contributed by atoms with van der Waals surface area (Å²) in [5.74, 6) is -0.0491. The molecular weight excluding hydrogens is 350 g/mol. The van der Waals surface area contributed by atoms with E-state index in [0.29, 0.717) is 13.0 Å². The van der Waals surface area contributed by atoms with Gasteiger partial charge in [-0.3, -0.25) is 14.5 Å². The zero-order chi connectivity index (χ0) is 19.5. The van der Waals surface area contributed by atoms with Crippen molar-refractivity contribution in [1.82, 2.24) is 9.80 Å². The van der Waals surface area contributed by atoms with E-state index in [1.54, 1.807) is 4.90 Å². The minimum atomic E-state index is -0.229. The zero-order valence-electron chi connectivity index (χ0n) is 16.4. The van der Waals surface area contributed by atoms with Gasteiger partial charge in [-0.25, -0.2) is 0 Å². The van der Waals surface area contributed by atoms with Crippen molar-refractivity contribution in [2.24, 2.45) is 5.92 Å². The van der Waals surface area contributed by atoms with E-state index in [0.717, 1.165) is 44.0 Å². The molecule has 1 atom stereocenters. The van der Waals surface area contributed by atoms with Gasteiger partial charge in [0.15, 0.2) is 0 Å². The Morgan fingerprint density at radius 3 is 2.36 bits per heavy atom. The second-order valence-corrected chi connectivity index (χ2v) is 7.78. The van der Waals surface area contributed by atoms with Crippen LogP contribution in [0.15, 0.2) is 54.6 Å². The normalized spacial score (nSPS) is 20.6. The van der Waals surface area contributed by atoms with Crippen LogP contribution in [0.5, 0.6) is 0 Å². The first-order valence-corrected chi connectivity index (χ1v) is 10.0. The molecule has 4 rings (SSSR count). The Labute approximate surface area is 166 Å². The molecule has 0 saturated carbocycles. The van der Waals surface area contributed by atoms with Gasteiger partial charge in [0.2, 0.25) is 11.8 Å². The molecule has 2 fully saturated rings. The van der Waals surface area contributed by atoms with Crippen LogP contribution in [0.4, 0.5) is 5.69 Å². The predicted molar refractivity (Wildman–Crippen MR) is 110 cm³/mol. The Kier molecular flexibility index (Phi) is 5.44. The minimum Gasteiger partial charge on any atom is -0.340 e. The van der Waals surface area contributed by atoms with Crippen LogP contribution >= 0.6 is 0 Å². The number of hydrogen-bond donors (Lipinski definition) is 0. The lowest BCUT2D eigenvalue weighted by molar-refractivity contribution is -0.137. The maximum atomic E-state index is 13.0. The van der Waals surface area contributed by atoms with E-state index in [1.165, 1.54) is 5.56 Å². The van der Waals surface area contributed by atoms with Crippen molar-refractivity contribution >= 4 is 17.5 Å². The van der Waals surface area contributed by atoms with Gasteiger partial charge in [0.25, 0.3) is 0 Å². The topological polar surface area (TPSA) is 43.9 Å². The molecule has 5 heteroatoms. The number of anilines is 1. The third kappa shape index (κ3) is 3.94. The van der Waals surface area contributed by atoms with Crippen LogP contribution in [-0.2, 0) is 16.1 Å². The van der Waals surface area contributed by atoms with Crippen LogP contribution in [0.25, 0.3) is 0 Å². The quantitative estimate of drug-likeness (QED) is 0.823. The first kappa shape index (κ1) is 18.7. The summed E-state index contributed by atoms with van der Waals surface area (Å²) in [4.78, 5) is 31.6. The summed E-state index contributed by atoms with van der Waals surface area (Å²) in [6, 6.07) is 18.3. The SMILES string of the molecule is Cc1ccccc1N1CC(C(=O)N2CCN(Cc3ccccc3)CC2)CC1=O. The number of aryl methyl sites for hydroxylation is 1. The molecule has 0 radical (unpaired) electrons. The zero-order valence-corrected chi connectivity index (χ0v) is 16.4. The van der Waals surface area contributed by atoms with Gasteiger partial charge in [0.05, 0.1) is 5.92 Å². The molecule has 0 aromatic heterocycles. The maximum absolute atomic E-state index is 13.0. The first-order chi connectivity index (χ1) is 13.6. The standard InChI is InChI=1S/C23H27N3O2/c1-18-7-5-6-10-21(18)26-17-20(15-22(26)27)23(28)25-13-11-24(12-14-25)16-19-8-3-2-4-9-19/h2-10,20H,11-17H2,1H3. The molecule has 28 heavy (non-hydrogen) atoms. The molecule has 146 valence electrons. The second-order valence-electron chi connectivity index (χ2n) is 7.78. The van der Waals surface area contributed by atoms with Crippen molar-refractivity contribution < 1.29 is 9.59 Å². The summed E-state index contributed by atoms with van der Waals surface area (Å²) in [6.45, 7) is 6.65. The molecule has 2 aliphatic rings. The van der Waals surface area contributed by atoms with Gasteiger partial charge in [-0.15, -0.1) is 0 Å². The van der Waals surface area contributed by atoms with Gasteiger partial charge in [0.1, 0.15) is 0 Å². The summed E-state index contributed by atoms with van der Waals surface area (Å²) < 4.78 is 0. The molecular formula is C23H27N3O2. The molecule has 2 amide bonds. The largest absolute Gasteiger partial charge is 0.340 e. The molecule has 0 spiro atoms. The molecule has 0 aliphatic carbocycles. The van der Waals surface area contributed by atoms with Crippen molar-refractivity contribution in [2.45, 2.75) is 19.9 Å². The second kappa shape index (κ2) is 8.15. The molecule has 2 aromatic rings. The Morgan fingerprint density at radius 2 is 1.64 bits per heavy atom. The molecule has 2 aromatic carbocycles. The van der Waals surface area contributed by atoms with Crippen molar-refractivity contribution in [2.75, 3.05) is 37.6 Å². The van der Waals surface area contributed by atoms with Crippen molar-refractivity contribution in [3.8, 4) is 0 Å². The van der Waals surface area contributed by atoms with Crippen molar-refractivity contribution in [3.63, 3.8) is 0 Å². The predicted octanol–water partition coefficient (Wildman–Crippen LogP) is 2.69. The number of nitrogens with zero attached hydrogens (tertiary/aromatic N) is 3. The van der Waals surface area contributed by atoms with E-state index in [-0.39, 0.29) is 17.7 Å². The molecule has 0 N–H and O–H groups in total. The fraction of sp³-hybridized carbons (Fsp3) is 0.391. The molecule has 2 aliphatic heterocycles. The highest BCUT2D eigenvalue weighted by Crippen LogP contribution is 2.29. The molecule has 2 saturated heterocycles. The average molecular weight is 377 g/mol. The lowest BCUT2D eigenvalue weighted by atomic mass is 10.1. The van der Waals surface area contributed by atoms with Crippen LogP contribution in [0.3, 0.4) is 0 Å². The van der Waals surface area contributed by atoms with Gasteiger partial charge in [-0.1, -0.05) is 48.5 Å². The van der Waals surface area contributed by atoms with Gasteiger partial charge in [0, 0.05) is 51.4 Å². The smallest absolute Gasteiger partial charge is 0.228 e. The minimum absolute atomic E-state index is 0.0513. The summed E-state index contributed by atoms with van der Waals surface area (Å²) in [6.07, 6.45) is 0.317. The van der Waals surface area contributed by atoms with E-state index in [2.05, 4.69) is 29.2 Å². The Bertz CT molecular complexity index is 844. The summed E-state index contributed by atoms with van der Waals surface area (Å²) in [5.41, 5.74) is 3.30. The first-order valence-electron chi connectivity index (χ1n) is 10.0. The molecule has 2 heterocycles. The van der Waals surface area contributed by atoms with Crippen LogP contribution in [0, 0.1) is 12.8 Å². The summed E-state index contributed by atoms with van der Waals surface area (Å²) in [7, 11) is 0. The van der Waals surface area contributed by atoms with Crippen molar-refractivity contribution in [3.05, 3.63) is 65.7 Å². The highest BCUT2D eigenvalue weighted by molar-refractivity contribution is 6.00. The van der Waals surface area contributed by atoms with Gasteiger partial charge < -0.3 is 9.80 Å². The number of para-hydroxylation sites is 1. The Balaban J connectivity index is 1.33. The van der Waals surface area contributed by atoms with E-state index in [9.17, 15) is 9.59 Å². The highest BCUT2D eigenvalue weighted by atomic mass is 16.2. The van der Waals surface area contributed by atoms with Crippen LogP contribution in [-0.4, -0.2) is 54.3 Å². The number of carbonyl (C=O) groups is 2. The van der Waals surface area contributed by atoms with E-state index < -0.39 is 0 Å². The van der Waals surface area contributed by atoms with Crippen LogP contribution < -0.4 is 4.90 Å². The Hall–Kier alpha value is -2.66. The number of carbonyl (C=O) groups excluding carboxylic acids is 2. The van der Waals surface area contributed by atoms with E-state index in [4.69, 9.17) is 0 Å². The highest BCUT2D eigenvalue weighted by Gasteiger charge is 2.38. The van der Waals surface area contributed by atoms with Crippen molar-refractivity contribution in [1.29, 1.82) is 0 Å².